The van der Waals surface area contributed by atoms with E-state index in [4.69, 9.17) is 17.0 Å². The van der Waals surface area contributed by atoms with Crippen molar-refractivity contribution in [1.82, 2.24) is 15.1 Å². The summed E-state index contributed by atoms with van der Waals surface area (Å²) in [5.74, 6) is 0.712. The molecule has 0 atom stereocenters. The van der Waals surface area contributed by atoms with Gasteiger partial charge in [0.2, 0.25) is 0 Å². The van der Waals surface area contributed by atoms with Crippen molar-refractivity contribution in [2.24, 2.45) is 0 Å². The second-order valence-corrected chi connectivity index (χ2v) is 6.70. The van der Waals surface area contributed by atoms with E-state index in [0.717, 1.165) is 37.2 Å². The molecule has 0 radical (unpaired) electrons. The maximum absolute atomic E-state index is 5.29. The van der Waals surface area contributed by atoms with Crippen molar-refractivity contribution in [3.05, 3.63) is 46.1 Å². The molecule has 0 saturated heterocycles. The van der Waals surface area contributed by atoms with Crippen LogP contribution in [0.1, 0.15) is 24.5 Å². The molecule has 24 heavy (non-hydrogen) atoms. The zero-order chi connectivity index (χ0) is 17.4. The third-order valence-electron chi connectivity index (χ3n) is 3.37. The smallest absolute Gasteiger partial charge is 0.172 e. The Morgan fingerprint density at radius 1 is 1.33 bits per heavy atom. The van der Waals surface area contributed by atoms with E-state index in [2.05, 4.69) is 62.9 Å². The minimum Gasteiger partial charge on any atom is -0.382 e. The van der Waals surface area contributed by atoms with Crippen LogP contribution in [0.15, 0.2) is 34.9 Å². The van der Waals surface area contributed by atoms with Crippen molar-refractivity contribution in [3.8, 4) is 0 Å². The molecule has 0 fully saturated rings. The van der Waals surface area contributed by atoms with E-state index in [1.165, 1.54) is 11.1 Å². The lowest BCUT2D eigenvalue weighted by Crippen LogP contribution is -2.30. The highest BCUT2D eigenvalue weighted by molar-refractivity contribution is 9.10. The molecule has 0 aliphatic carbocycles. The van der Waals surface area contributed by atoms with Crippen molar-refractivity contribution >= 4 is 39.1 Å². The van der Waals surface area contributed by atoms with Crippen LogP contribution in [0.3, 0.4) is 0 Å². The van der Waals surface area contributed by atoms with Gasteiger partial charge in [0.1, 0.15) is 0 Å². The number of hydrogen-bond acceptors (Lipinski definition) is 3. The number of anilines is 1. The number of benzene rings is 1. The van der Waals surface area contributed by atoms with Gasteiger partial charge in [-0.2, -0.15) is 5.10 Å². The van der Waals surface area contributed by atoms with E-state index in [-0.39, 0.29) is 0 Å². The van der Waals surface area contributed by atoms with Gasteiger partial charge in [0.15, 0.2) is 10.9 Å². The van der Waals surface area contributed by atoms with Crippen LogP contribution in [-0.2, 0) is 11.3 Å². The number of halogens is 1. The third-order valence-corrected chi connectivity index (χ3v) is 4.20. The topological polar surface area (TPSA) is 51.1 Å². The van der Waals surface area contributed by atoms with E-state index < -0.39 is 0 Å². The molecule has 7 heteroatoms. The monoisotopic (exact) mass is 410 g/mol. The minimum atomic E-state index is 0.563. The average molecular weight is 411 g/mol. The number of aromatic nitrogens is 2. The zero-order valence-electron chi connectivity index (χ0n) is 14.0. The molecule has 0 aliphatic rings. The number of ether oxygens (including phenoxy) is 1. The van der Waals surface area contributed by atoms with Crippen molar-refractivity contribution in [2.45, 2.75) is 26.8 Å². The van der Waals surface area contributed by atoms with Crippen LogP contribution in [0.2, 0.25) is 0 Å². The van der Waals surface area contributed by atoms with Gasteiger partial charge in [-0.05, 0) is 54.0 Å². The van der Waals surface area contributed by atoms with Gasteiger partial charge >= 0.3 is 0 Å². The SMILES string of the molecule is CCOCCCNC(=S)Nc1nn(Cc2ccc(C)cc2)cc1Br. The first kappa shape index (κ1) is 18.9. The maximum atomic E-state index is 5.29. The molecule has 2 rings (SSSR count). The summed E-state index contributed by atoms with van der Waals surface area (Å²) < 4.78 is 8.06. The molecular weight excluding hydrogens is 388 g/mol. The lowest BCUT2D eigenvalue weighted by atomic mass is 10.1. The number of hydrogen-bond donors (Lipinski definition) is 2. The molecule has 0 unspecified atom stereocenters. The van der Waals surface area contributed by atoms with Gasteiger partial charge in [0.05, 0.1) is 11.0 Å². The predicted octanol–water partition coefficient (Wildman–Crippen LogP) is 3.72. The van der Waals surface area contributed by atoms with E-state index >= 15 is 0 Å². The fourth-order valence-corrected chi connectivity index (χ4v) is 2.73. The summed E-state index contributed by atoms with van der Waals surface area (Å²) in [6, 6.07) is 8.44. The highest BCUT2D eigenvalue weighted by Gasteiger charge is 2.08. The van der Waals surface area contributed by atoms with Crippen molar-refractivity contribution in [3.63, 3.8) is 0 Å². The highest BCUT2D eigenvalue weighted by Crippen LogP contribution is 2.20. The summed E-state index contributed by atoms with van der Waals surface area (Å²) in [5, 5.41) is 11.4. The Hall–Kier alpha value is -1.44. The normalized spacial score (nSPS) is 10.6. The molecule has 130 valence electrons. The van der Waals surface area contributed by atoms with E-state index in [0.29, 0.717) is 10.9 Å². The maximum Gasteiger partial charge on any atom is 0.172 e. The Bertz CT molecular complexity index is 657. The molecule has 2 aromatic rings. The van der Waals surface area contributed by atoms with E-state index in [1.807, 2.05) is 17.8 Å². The standard InChI is InChI=1S/C17H23BrN4OS/c1-3-23-10-4-9-19-17(24)20-16-15(18)12-22(21-16)11-14-7-5-13(2)6-8-14/h5-8,12H,3-4,9-11H2,1-2H3,(H2,19,20,21,24). The molecule has 0 saturated carbocycles. The van der Waals surface area contributed by atoms with Crippen LogP contribution >= 0.6 is 28.1 Å². The van der Waals surface area contributed by atoms with Crippen LogP contribution < -0.4 is 10.6 Å². The molecule has 2 N–H and O–H groups in total. The second kappa shape index (κ2) is 9.76. The largest absolute Gasteiger partial charge is 0.382 e. The summed E-state index contributed by atoms with van der Waals surface area (Å²) in [4.78, 5) is 0. The van der Waals surface area contributed by atoms with Crippen LogP contribution in [-0.4, -0.2) is 34.7 Å². The summed E-state index contributed by atoms with van der Waals surface area (Å²) >= 11 is 8.81. The molecule has 0 spiro atoms. The van der Waals surface area contributed by atoms with Crippen molar-refractivity contribution < 1.29 is 4.74 Å². The van der Waals surface area contributed by atoms with Gasteiger partial charge in [-0.1, -0.05) is 29.8 Å². The first-order chi connectivity index (χ1) is 11.6. The van der Waals surface area contributed by atoms with Gasteiger partial charge in [-0.25, -0.2) is 0 Å². The average Bonchev–Trinajstić information content (AvgIpc) is 2.89. The molecule has 1 aromatic heterocycles. The Balaban J connectivity index is 1.84. The Kier molecular flexibility index (Phi) is 7.68. The van der Waals surface area contributed by atoms with E-state index in [9.17, 15) is 0 Å². The fraction of sp³-hybridized carbons (Fsp3) is 0.412. The predicted molar refractivity (Wildman–Crippen MR) is 106 cm³/mol. The van der Waals surface area contributed by atoms with Gasteiger partial charge in [0, 0.05) is 26.0 Å². The third kappa shape index (κ3) is 6.22. The quantitative estimate of drug-likeness (QED) is 0.512. The Morgan fingerprint density at radius 3 is 2.79 bits per heavy atom. The number of thiocarbonyl (C=S) groups is 1. The molecule has 5 nitrogen and oxygen atoms in total. The van der Waals surface area contributed by atoms with Crippen molar-refractivity contribution in [1.29, 1.82) is 0 Å². The van der Waals surface area contributed by atoms with E-state index in [1.54, 1.807) is 0 Å². The first-order valence-electron chi connectivity index (χ1n) is 7.99. The fourth-order valence-electron chi connectivity index (χ4n) is 2.12. The Morgan fingerprint density at radius 2 is 2.08 bits per heavy atom. The number of rotatable bonds is 8. The van der Waals surface area contributed by atoms with Crippen LogP contribution in [0, 0.1) is 6.92 Å². The second-order valence-electron chi connectivity index (χ2n) is 5.44. The molecule has 1 heterocycles. The lowest BCUT2D eigenvalue weighted by Gasteiger charge is -2.09. The number of nitrogens with zero attached hydrogens (tertiary/aromatic N) is 2. The van der Waals surface area contributed by atoms with Crippen LogP contribution in [0.4, 0.5) is 5.82 Å². The number of aryl methyl sites for hydroxylation is 1. The Labute approximate surface area is 156 Å². The lowest BCUT2D eigenvalue weighted by molar-refractivity contribution is 0.146. The molecule has 0 amide bonds. The summed E-state index contributed by atoms with van der Waals surface area (Å²) in [6.07, 6.45) is 2.86. The van der Waals surface area contributed by atoms with Gasteiger partial charge in [-0.3, -0.25) is 4.68 Å². The first-order valence-corrected chi connectivity index (χ1v) is 9.19. The molecule has 1 aromatic carbocycles. The minimum absolute atomic E-state index is 0.563. The van der Waals surface area contributed by atoms with Crippen LogP contribution in [0.25, 0.3) is 0 Å². The van der Waals surface area contributed by atoms with Crippen molar-refractivity contribution in [2.75, 3.05) is 25.1 Å². The zero-order valence-corrected chi connectivity index (χ0v) is 16.4. The summed E-state index contributed by atoms with van der Waals surface area (Å²) in [5.41, 5.74) is 2.46. The molecule has 0 bridgehead atoms. The molecular formula is C17H23BrN4OS. The summed E-state index contributed by atoms with van der Waals surface area (Å²) in [6.45, 7) is 7.04. The number of nitrogens with one attached hydrogen (secondary N) is 2. The van der Waals surface area contributed by atoms with Gasteiger partial charge in [0.25, 0.3) is 0 Å². The highest BCUT2D eigenvalue weighted by atomic mass is 79.9. The van der Waals surface area contributed by atoms with Gasteiger partial charge < -0.3 is 15.4 Å². The summed E-state index contributed by atoms with van der Waals surface area (Å²) in [7, 11) is 0. The molecule has 0 aliphatic heterocycles. The van der Waals surface area contributed by atoms with Gasteiger partial charge in [-0.15, -0.1) is 0 Å². The van der Waals surface area contributed by atoms with Crippen LogP contribution in [0.5, 0.6) is 0 Å².